The van der Waals surface area contributed by atoms with Crippen molar-refractivity contribution in [2.24, 2.45) is 0 Å². The topological polar surface area (TPSA) is 12.0 Å². The lowest BCUT2D eigenvalue weighted by atomic mass is 10.1. The SMILES string of the molecule is Cc1ccc(CC(C)NC(C)c2ccccc2Br)s1. The molecule has 1 nitrogen and oxygen atoms in total. The van der Waals surface area contributed by atoms with Crippen LogP contribution in [0, 0.1) is 6.92 Å². The van der Waals surface area contributed by atoms with Gasteiger partial charge in [-0.25, -0.2) is 0 Å². The molecule has 0 aliphatic carbocycles. The van der Waals surface area contributed by atoms with E-state index < -0.39 is 0 Å². The normalized spacial score (nSPS) is 14.3. The summed E-state index contributed by atoms with van der Waals surface area (Å²) in [5.41, 5.74) is 1.32. The van der Waals surface area contributed by atoms with E-state index in [1.165, 1.54) is 19.8 Å². The largest absolute Gasteiger partial charge is 0.307 e. The first-order valence-corrected chi connectivity index (χ1v) is 8.23. The second-order valence-electron chi connectivity index (χ2n) is 5.03. The molecule has 2 rings (SSSR count). The van der Waals surface area contributed by atoms with Crippen LogP contribution < -0.4 is 5.32 Å². The first-order valence-electron chi connectivity index (χ1n) is 6.62. The van der Waals surface area contributed by atoms with Crippen LogP contribution in [0.2, 0.25) is 0 Å². The molecule has 2 unspecified atom stereocenters. The van der Waals surface area contributed by atoms with Crippen LogP contribution in [0.25, 0.3) is 0 Å². The number of hydrogen-bond donors (Lipinski definition) is 1. The molecule has 2 aromatic rings. The summed E-state index contributed by atoms with van der Waals surface area (Å²) in [7, 11) is 0. The number of benzene rings is 1. The third-order valence-corrected chi connectivity index (χ3v) is 4.95. The Bertz CT molecular complexity index is 535. The Morgan fingerprint density at radius 1 is 1.16 bits per heavy atom. The van der Waals surface area contributed by atoms with Crippen LogP contribution >= 0.6 is 27.3 Å². The zero-order valence-electron chi connectivity index (χ0n) is 11.6. The van der Waals surface area contributed by atoms with Crippen LogP contribution in [0.3, 0.4) is 0 Å². The molecule has 3 heteroatoms. The Labute approximate surface area is 128 Å². The van der Waals surface area contributed by atoms with Gasteiger partial charge in [0.1, 0.15) is 0 Å². The molecule has 0 aliphatic heterocycles. The fraction of sp³-hybridized carbons (Fsp3) is 0.375. The maximum atomic E-state index is 3.67. The fourth-order valence-electron chi connectivity index (χ4n) is 2.30. The minimum atomic E-state index is 0.353. The van der Waals surface area contributed by atoms with Crippen molar-refractivity contribution in [3.8, 4) is 0 Å². The van der Waals surface area contributed by atoms with Gasteiger partial charge in [0.15, 0.2) is 0 Å². The van der Waals surface area contributed by atoms with Crippen molar-refractivity contribution in [2.75, 3.05) is 0 Å². The molecule has 102 valence electrons. The molecule has 19 heavy (non-hydrogen) atoms. The van der Waals surface area contributed by atoms with Crippen molar-refractivity contribution in [3.63, 3.8) is 0 Å². The average Bonchev–Trinajstić information content (AvgIpc) is 2.74. The summed E-state index contributed by atoms with van der Waals surface area (Å²) in [4.78, 5) is 2.85. The summed E-state index contributed by atoms with van der Waals surface area (Å²) in [6.45, 7) is 6.63. The molecule has 1 N–H and O–H groups in total. The highest BCUT2D eigenvalue weighted by Gasteiger charge is 2.12. The summed E-state index contributed by atoms with van der Waals surface area (Å²) in [6, 6.07) is 13.7. The van der Waals surface area contributed by atoms with Gasteiger partial charge in [0.05, 0.1) is 0 Å². The van der Waals surface area contributed by atoms with Crippen molar-refractivity contribution >= 4 is 27.3 Å². The van der Waals surface area contributed by atoms with Gasteiger partial charge in [0, 0.05) is 26.3 Å². The highest BCUT2D eigenvalue weighted by atomic mass is 79.9. The van der Waals surface area contributed by atoms with Crippen LogP contribution in [-0.2, 0) is 6.42 Å². The molecule has 0 bridgehead atoms. The minimum absolute atomic E-state index is 0.353. The summed E-state index contributed by atoms with van der Waals surface area (Å²) in [5, 5.41) is 3.67. The standard InChI is InChI=1S/C16H20BrNS/c1-11(10-14-9-8-12(2)19-14)18-13(3)15-6-4-5-7-16(15)17/h4-9,11,13,18H,10H2,1-3H3. The summed E-state index contributed by atoms with van der Waals surface area (Å²) in [6.07, 6.45) is 1.09. The van der Waals surface area contributed by atoms with Crippen molar-refractivity contribution in [1.29, 1.82) is 0 Å². The summed E-state index contributed by atoms with van der Waals surface area (Å²) < 4.78 is 1.18. The lowest BCUT2D eigenvalue weighted by Crippen LogP contribution is -2.30. The zero-order valence-corrected chi connectivity index (χ0v) is 14.0. The minimum Gasteiger partial charge on any atom is -0.307 e. The number of aryl methyl sites for hydroxylation is 1. The van der Waals surface area contributed by atoms with E-state index in [1.807, 2.05) is 11.3 Å². The predicted molar refractivity (Wildman–Crippen MR) is 87.9 cm³/mol. The van der Waals surface area contributed by atoms with Gasteiger partial charge in [-0.15, -0.1) is 11.3 Å². The van der Waals surface area contributed by atoms with Gasteiger partial charge in [-0.3, -0.25) is 0 Å². The molecule has 2 atom stereocenters. The molecule has 0 amide bonds. The third-order valence-electron chi connectivity index (χ3n) is 3.21. The van der Waals surface area contributed by atoms with Crippen molar-refractivity contribution < 1.29 is 0 Å². The molecule has 1 aromatic heterocycles. The Morgan fingerprint density at radius 3 is 2.53 bits per heavy atom. The second kappa shape index (κ2) is 6.69. The average molecular weight is 338 g/mol. The van der Waals surface area contributed by atoms with Crippen LogP contribution in [-0.4, -0.2) is 6.04 Å². The van der Waals surface area contributed by atoms with E-state index >= 15 is 0 Å². The molecule has 0 aliphatic rings. The van der Waals surface area contributed by atoms with Gasteiger partial charge in [-0.05, 0) is 51.0 Å². The van der Waals surface area contributed by atoms with E-state index in [0.29, 0.717) is 12.1 Å². The van der Waals surface area contributed by atoms with Gasteiger partial charge in [-0.2, -0.15) is 0 Å². The monoisotopic (exact) mass is 337 g/mol. The van der Waals surface area contributed by atoms with E-state index in [4.69, 9.17) is 0 Å². The molecular formula is C16H20BrNS. The van der Waals surface area contributed by atoms with Crippen LogP contribution in [0.1, 0.15) is 35.2 Å². The maximum Gasteiger partial charge on any atom is 0.0305 e. The lowest BCUT2D eigenvalue weighted by molar-refractivity contribution is 0.478. The number of nitrogens with one attached hydrogen (secondary N) is 1. The van der Waals surface area contributed by atoms with Crippen LogP contribution in [0.4, 0.5) is 0 Å². The molecule has 0 radical (unpaired) electrons. The first-order chi connectivity index (χ1) is 9.06. The van der Waals surface area contributed by atoms with Crippen molar-refractivity contribution in [2.45, 2.75) is 39.3 Å². The Kier molecular flexibility index (Phi) is 5.20. The molecule has 0 saturated carbocycles. The van der Waals surface area contributed by atoms with E-state index in [0.717, 1.165) is 6.42 Å². The van der Waals surface area contributed by atoms with Gasteiger partial charge in [-0.1, -0.05) is 34.1 Å². The number of thiophene rings is 1. The number of rotatable bonds is 5. The second-order valence-corrected chi connectivity index (χ2v) is 7.25. The Balaban J connectivity index is 1.95. The van der Waals surface area contributed by atoms with E-state index in [9.17, 15) is 0 Å². The molecular weight excluding hydrogens is 318 g/mol. The number of halogens is 1. The predicted octanol–water partition coefficient (Wildman–Crippen LogP) is 5.10. The van der Waals surface area contributed by atoms with E-state index in [1.54, 1.807) is 0 Å². The molecule has 0 spiro atoms. The number of hydrogen-bond acceptors (Lipinski definition) is 2. The first kappa shape index (κ1) is 14.8. The van der Waals surface area contributed by atoms with Crippen LogP contribution in [0.15, 0.2) is 40.9 Å². The lowest BCUT2D eigenvalue weighted by Gasteiger charge is -2.21. The summed E-state index contributed by atoms with van der Waals surface area (Å²) in [5.74, 6) is 0. The third kappa shape index (κ3) is 4.16. The van der Waals surface area contributed by atoms with Gasteiger partial charge in [0.2, 0.25) is 0 Å². The molecule has 0 saturated heterocycles. The summed E-state index contributed by atoms with van der Waals surface area (Å²) >= 11 is 5.51. The molecule has 0 fully saturated rings. The smallest absolute Gasteiger partial charge is 0.0305 e. The zero-order chi connectivity index (χ0) is 13.8. The molecule has 1 heterocycles. The highest BCUT2D eigenvalue weighted by molar-refractivity contribution is 9.10. The fourth-order valence-corrected chi connectivity index (χ4v) is 3.95. The Hall–Kier alpha value is -0.640. The van der Waals surface area contributed by atoms with E-state index in [-0.39, 0.29) is 0 Å². The van der Waals surface area contributed by atoms with Crippen LogP contribution in [0.5, 0.6) is 0 Å². The van der Waals surface area contributed by atoms with Crippen molar-refractivity contribution in [1.82, 2.24) is 5.32 Å². The van der Waals surface area contributed by atoms with Gasteiger partial charge in [0.25, 0.3) is 0 Å². The maximum absolute atomic E-state index is 3.67. The Morgan fingerprint density at radius 2 is 1.89 bits per heavy atom. The van der Waals surface area contributed by atoms with Gasteiger partial charge >= 0.3 is 0 Å². The van der Waals surface area contributed by atoms with Crippen molar-refractivity contribution in [3.05, 3.63) is 56.2 Å². The molecule has 1 aromatic carbocycles. The van der Waals surface area contributed by atoms with Gasteiger partial charge < -0.3 is 5.32 Å². The quantitative estimate of drug-likeness (QED) is 0.800. The highest BCUT2D eigenvalue weighted by Crippen LogP contribution is 2.24. The van der Waals surface area contributed by atoms with E-state index in [2.05, 4.69) is 78.4 Å².